The second-order valence-electron chi connectivity index (χ2n) is 5.47. The van der Waals surface area contributed by atoms with Crippen LogP contribution in [-0.4, -0.2) is 24.7 Å². The molecule has 0 saturated heterocycles. The van der Waals surface area contributed by atoms with Gasteiger partial charge < -0.3 is 5.73 Å². The van der Waals surface area contributed by atoms with Crippen molar-refractivity contribution in [3.63, 3.8) is 0 Å². The average Bonchev–Trinajstić information content (AvgIpc) is 2.71. The van der Waals surface area contributed by atoms with Crippen molar-refractivity contribution in [3.05, 3.63) is 18.2 Å². The Hall–Kier alpha value is -1.98. The number of hydrogen-bond acceptors (Lipinski definition) is 5. The van der Waals surface area contributed by atoms with Gasteiger partial charge in [0.25, 0.3) is 0 Å². The van der Waals surface area contributed by atoms with Crippen LogP contribution in [0.1, 0.15) is 50.3 Å². The van der Waals surface area contributed by atoms with Gasteiger partial charge in [0.1, 0.15) is 5.82 Å². The van der Waals surface area contributed by atoms with E-state index >= 15 is 0 Å². The normalized spacial score (nSPS) is 17.1. The molecule has 6 heteroatoms. The molecule has 0 aliphatic heterocycles. The third-order valence-electron chi connectivity index (χ3n) is 3.85. The lowest BCUT2D eigenvalue weighted by Gasteiger charge is -2.13. The summed E-state index contributed by atoms with van der Waals surface area (Å²) in [6.45, 7) is 0. The fourth-order valence-corrected chi connectivity index (χ4v) is 2.80. The van der Waals surface area contributed by atoms with Crippen LogP contribution in [0.25, 0.3) is 11.4 Å². The second kappa shape index (κ2) is 5.56. The minimum absolute atomic E-state index is 0.304. The summed E-state index contributed by atoms with van der Waals surface area (Å²) < 4.78 is 1.74. The predicted octanol–water partition coefficient (Wildman–Crippen LogP) is 2.29. The van der Waals surface area contributed by atoms with Crippen molar-refractivity contribution in [3.8, 4) is 11.4 Å². The summed E-state index contributed by atoms with van der Waals surface area (Å²) in [4.78, 5) is 13.2. The highest BCUT2D eigenvalue weighted by molar-refractivity contribution is 5.53. The zero-order chi connectivity index (χ0) is 13.9. The molecule has 2 heterocycles. The molecule has 0 aromatic carbocycles. The summed E-state index contributed by atoms with van der Waals surface area (Å²) in [5.74, 6) is 2.19. The summed E-state index contributed by atoms with van der Waals surface area (Å²) in [6.07, 6.45) is 11.1. The number of aromatic nitrogens is 5. The number of hydrogen-bond donors (Lipinski definition) is 1. The summed E-state index contributed by atoms with van der Waals surface area (Å²) in [5.41, 5.74) is 6.75. The van der Waals surface area contributed by atoms with Gasteiger partial charge in [-0.15, -0.1) is 0 Å². The first-order valence-corrected chi connectivity index (χ1v) is 7.23. The maximum atomic E-state index is 5.86. The zero-order valence-corrected chi connectivity index (χ0v) is 11.8. The largest absolute Gasteiger partial charge is 0.368 e. The van der Waals surface area contributed by atoms with Crippen molar-refractivity contribution in [2.24, 2.45) is 7.05 Å². The van der Waals surface area contributed by atoms with E-state index < -0.39 is 0 Å². The third-order valence-corrected chi connectivity index (χ3v) is 3.85. The fourth-order valence-electron chi connectivity index (χ4n) is 2.80. The average molecular weight is 272 g/mol. The molecule has 1 saturated carbocycles. The van der Waals surface area contributed by atoms with Gasteiger partial charge in [-0.05, 0) is 12.8 Å². The van der Waals surface area contributed by atoms with Crippen LogP contribution in [-0.2, 0) is 7.05 Å². The van der Waals surface area contributed by atoms with E-state index in [1.165, 1.54) is 25.7 Å². The van der Waals surface area contributed by atoms with Crippen molar-refractivity contribution in [2.45, 2.75) is 44.4 Å². The molecule has 2 aromatic rings. The lowest BCUT2D eigenvalue weighted by Crippen LogP contribution is -2.09. The molecule has 3 rings (SSSR count). The SMILES string of the molecule is Cn1cc(-c2nc(N)nc(C3CCCCCC3)n2)cn1. The lowest BCUT2D eigenvalue weighted by atomic mass is 9.99. The number of nitrogens with two attached hydrogens (primary N) is 1. The molecule has 2 N–H and O–H groups in total. The molecule has 6 nitrogen and oxygen atoms in total. The Balaban J connectivity index is 1.93. The Morgan fingerprint density at radius 1 is 1.10 bits per heavy atom. The topological polar surface area (TPSA) is 82.5 Å². The highest BCUT2D eigenvalue weighted by Gasteiger charge is 2.19. The number of rotatable bonds is 2. The molecular weight excluding hydrogens is 252 g/mol. The molecule has 2 aromatic heterocycles. The quantitative estimate of drug-likeness (QED) is 0.848. The fraction of sp³-hybridized carbons (Fsp3) is 0.571. The van der Waals surface area contributed by atoms with Crippen molar-refractivity contribution < 1.29 is 0 Å². The number of nitrogen functional groups attached to an aromatic ring is 1. The minimum Gasteiger partial charge on any atom is -0.368 e. The highest BCUT2D eigenvalue weighted by Crippen LogP contribution is 2.30. The van der Waals surface area contributed by atoms with Crippen LogP contribution in [0.4, 0.5) is 5.95 Å². The maximum Gasteiger partial charge on any atom is 0.223 e. The molecular formula is C14H20N6. The second-order valence-corrected chi connectivity index (χ2v) is 5.47. The van der Waals surface area contributed by atoms with E-state index in [9.17, 15) is 0 Å². The van der Waals surface area contributed by atoms with E-state index in [1.807, 2.05) is 13.2 Å². The molecule has 0 atom stereocenters. The molecule has 0 unspecified atom stereocenters. The first-order chi connectivity index (χ1) is 9.72. The van der Waals surface area contributed by atoms with Crippen LogP contribution in [0.2, 0.25) is 0 Å². The minimum atomic E-state index is 0.304. The monoisotopic (exact) mass is 272 g/mol. The van der Waals surface area contributed by atoms with Gasteiger partial charge in [-0.1, -0.05) is 25.7 Å². The van der Waals surface area contributed by atoms with Gasteiger partial charge in [-0.3, -0.25) is 4.68 Å². The standard InChI is InChI=1S/C14H20N6/c1-20-9-11(8-16-20)13-17-12(18-14(15)19-13)10-6-4-2-3-5-7-10/h8-10H,2-7H2,1H3,(H2,15,17,18,19). The summed E-state index contributed by atoms with van der Waals surface area (Å²) in [5, 5.41) is 4.16. The lowest BCUT2D eigenvalue weighted by molar-refractivity contribution is 0.559. The summed E-state index contributed by atoms with van der Waals surface area (Å²) in [7, 11) is 1.88. The van der Waals surface area contributed by atoms with E-state index in [2.05, 4.69) is 20.1 Å². The highest BCUT2D eigenvalue weighted by atomic mass is 15.2. The number of anilines is 1. The van der Waals surface area contributed by atoms with Gasteiger partial charge >= 0.3 is 0 Å². The number of nitrogens with zero attached hydrogens (tertiary/aromatic N) is 5. The predicted molar refractivity (Wildman–Crippen MR) is 76.9 cm³/mol. The van der Waals surface area contributed by atoms with Crippen LogP contribution in [0, 0.1) is 0 Å². The Morgan fingerprint density at radius 2 is 1.85 bits per heavy atom. The zero-order valence-electron chi connectivity index (χ0n) is 11.8. The molecule has 20 heavy (non-hydrogen) atoms. The van der Waals surface area contributed by atoms with Crippen LogP contribution in [0.5, 0.6) is 0 Å². The molecule has 0 radical (unpaired) electrons. The van der Waals surface area contributed by atoms with Crippen LogP contribution >= 0.6 is 0 Å². The van der Waals surface area contributed by atoms with Gasteiger partial charge in [0.05, 0.1) is 11.8 Å². The first-order valence-electron chi connectivity index (χ1n) is 7.23. The van der Waals surface area contributed by atoms with E-state index in [1.54, 1.807) is 10.9 Å². The van der Waals surface area contributed by atoms with Crippen LogP contribution in [0.15, 0.2) is 12.4 Å². The van der Waals surface area contributed by atoms with Crippen molar-refractivity contribution >= 4 is 5.95 Å². The maximum absolute atomic E-state index is 5.86. The van der Waals surface area contributed by atoms with Gasteiger partial charge in [0.2, 0.25) is 5.95 Å². The van der Waals surface area contributed by atoms with Crippen molar-refractivity contribution in [2.75, 3.05) is 5.73 Å². The summed E-state index contributed by atoms with van der Waals surface area (Å²) >= 11 is 0. The van der Waals surface area contributed by atoms with Gasteiger partial charge in [-0.2, -0.15) is 15.1 Å². The molecule has 0 spiro atoms. The van der Waals surface area contributed by atoms with Crippen LogP contribution < -0.4 is 5.73 Å². The van der Waals surface area contributed by atoms with Gasteiger partial charge in [0.15, 0.2) is 5.82 Å². The van der Waals surface area contributed by atoms with Gasteiger partial charge in [-0.25, -0.2) is 4.98 Å². The molecule has 106 valence electrons. The van der Waals surface area contributed by atoms with E-state index in [0.717, 1.165) is 24.2 Å². The van der Waals surface area contributed by atoms with E-state index in [0.29, 0.717) is 17.7 Å². The molecule has 0 bridgehead atoms. The molecule has 0 amide bonds. The first kappa shape index (κ1) is 13.0. The van der Waals surface area contributed by atoms with Crippen LogP contribution in [0.3, 0.4) is 0 Å². The smallest absolute Gasteiger partial charge is 0.223 e. The summed E-state index contributed by atoms with van der Waals surface area (Å²) in [6, 6.07) is 0. The molecule has 1 aliphatic carbocycles. The molecule has 1 aliphatic rings. The van der Waals surface area contributed by atoms with Crippen molar-refractivity contribution in [1.29, 1.82) is 0 Å². The number of aryl methyl sites for hydroxylation is 1. The third kappa shape index (κ3) is 2.79. The Bertz CT molecular complexity index is 583. The molecule has 1 fully saturated rings. The Morgan fingerprint density at radius 3 is 2.50 bits per heavy atom. The van der Waals surface area contributed by atoms with Gasteiger partial charge in [0, 0.05) is 19.2 Å². The Kier molecular flexibility index (Phi) is 3.62. The van der Waals surface area contributed by atoms with E-state index in [4.69, 9.17) is 5.73 Å². The van der Waals surface area contributed by atoms with E-state index in [-0.39, 0.29) is 0 Å². The Labute approximate surface area is 118 Å². The van der Waals surface area contributed by atoms with Crippen molar-refractivity contribution in [1.82, 2.24) is 24.7 Å².